The summed E-state index contributed by atoms with van der Waals surface area (Å²) in [7, 11) is 1.65. The third kappa shape index (κ3) is 4.52. The highest BCUT2D eigenvalue weighted by Crippen LogP contribution is 2.57. The number of likely N-dealkylation sites (N-methyl/N-ethyl adjacent to an activating group) is 1. The van der Waals surface area contributed by atoms with Gasteiger partial charge in [0.05, 0.1) is 35.3 Å². The molecule has 3 aliphatic rings. The van der Waals surface area contributed by atoms with E-state index >= 15 is 4.39 Å². The van der Waals surface area contributed by atoms with E-state index in [1.807, 2.05) is 6.92 Å². The van der Waals surface area contributed by atoms with E-state index < -0.39 is 17.1 Å². The molecule has 37 heavy (non-hydrogen) atoms. The number of carbonyl (C=O) groups excluding carboxylic acids is 1. The molecule has 2 atom stereocenters. The van der Waals surface area contributed by atoms with Crippen molar-refractivity contribution in [1.29, 1.82) is 5.26 Å². The quantitative estimate of drug-likeness (QED) is 0.569. The molecular formula is C27H32ClFN6O2. The van der Waals surface area contributed by atoms with Gasteiger partial charge < -0.3 is 20.7 Å². The Balaban J connectivity index is 1.46. The molecule has 0 radical (unpaired) electrons. The van der Waals surface area contributed by atoms with Gasteiger partial charge in [0.25, 0.3) is 5.91 Å². The number of nitrogens with two attached hydrogens (primary N) is 1. The Morgan fingerprint density at radius 3 is 2.81 bits per heavy atom. The number of rotatable bonds is 5. The first-order valence-corrected chi connectivity index (χ1v) is 13.0. The summed E-state index contributed by atoms with van der Waals surface area (Å²) in [5.74, 6) is -0.514. The summed E-state index contributed by atoms with van der Waals surface area (Å²) in [6, 6.07) is 5.54. The molecule has 1 spiro atoms. The van der Waals surface area contributed by atoms with Gasteiger partial charge >= 0.3 is 0 Å². The molecule has 5 rings (SSSR count). The van der Waals surface area contributed by atoms with Gasteiger partial charge in [0.15, 0.2) is 0 Å². The van der Waals surface area contributed by atoms with Gasteiger partial charge in [0, 0.05) is 73.8 Å². The number of benzene rings is 1. The molecule has 2 aromatic rings. The number of hydrogen-bond donors (Lipinski definition) is 2. The number of aromatic nitrogens is 1. The predicted molar refractivity (Wildman–Crippen MR) is 141 cm³/mol. The van der Waals surface area contributed by atoms with E-state index in [0.29, 0.717) is 55.7 Å². The Labute approximate surface area is 221 Å². The molecule has 8 nitrogen and oxygen atoms in total. The fourth-order valence-electron chi connectivity index (χ4n) is 5.96. The van der Waals surface area contributed by atoms with E-state index in [1.54, 1.807) is 19.2 Å². The van der Waals surface area contributed by atoms with Crippen LogP contribution in [0.3, 0.4) is 0 Å². The molecule has 0 bridgehead atoms. The smallest absolute Gasteiger partial charge is 0.258 e. The van der Waals surface area contributed by atoms with Crippen molar-refractivity contribution < 1.29 is 13.9 Å². The number of fused-ring (bicyclic) bond motifs is 2. The monoisotopic (exact) mass is 526 g/mol. The highest BCUT2D eigenvalue weighted by atomic mass is 35.5. The zero-order valence-corrected chi connectivity index (χ0v) is 22.0. The van der Waals surface area contributed by atoms with Crippen molar-refractivity contribution in [1.82, 2.24) is 14.8 Å². The summed E-state index contributed by atoms with van der Waals surface area (Å²) >= 11 is 6.96. The van der Waals surface area contributed by atoms with Crippen molar-refractivity contribution in [2.75, 3.05) is 64.0 Å². The zero-order chi connectivity index (χ0) is 26.4. The Hall–Kier alpha value is -2.93. The lowest BCUT2D eigenvalue weighted by molar-refractivity contribution is 0.0338. The second-order valence-corrected chi connectivity index (χ2v) is 11.1. The van der Waals surface area contributed by atoms with Crippen LogP contribution in [-0.4, -0.2) is 73.7 Å². The van der Waals surface area contributed by atoms with E-state index in [-0.39, 0.29) is 22.2 Å². The average Bonchev–Trinajstić information content (AvgIpc) is 3.44. The highest BCUT2D eigenvalue weighted by molar-refractivity contribution is 6.34. The van der Waals surface area contributed by atoms with Crippen LogP contribution in [0.4, 0.5) is 15.9 Å². The third-order valence-corrected chi connectivity index (χ3v) is 8.57. The Bertz CT molecular complexity index is 1280. The molecular weight excluding hydrogens is 495 g/mol. The van der Waals surface area contributed by atoms with E-state index in [9.17, 15) is 10.1 Å². The SMILES string of the molecule is CN(CCN1CCOCC1)C(=O)c1c(N)ccc(-c2cnc3c(c2Cl)[C@@]2(CC[C@@](C)(C#N)C2)CN3)c1F. The number of nitrogens with one attached hydrogen (secondary N) is 1. The number of amides is 1. The fraction of sp³-hybridized carbons (Fsp3) is 0.519. The number of nitriles is 1. The highest BCUT2D eigenvalue weighted by Gasteiger charge is 2.52. The minimum atomic E-state index is -0.708. The van der Waals surface area contributed by atoms with Gasteiger partial charge in [-0.05, 0) is 38.3 Å². The molecule has 2 fully saturated rings. The standard InChI is InChI=1S/C27H32ClFN6O2/c1-26(15-30)5-6-27(14-26)16-33-24-21(27)22(28)18(13-32-24)17-3-4-19(31)20(23(17)29)25(36)34(2)7-8-35-9-11-37-12-10-35/h3-4,13H,5-12,14,16,31H2,1-2H3,(H,32,33)/t26-,27-/m1/s1. The molecule has 1 saturated heterocycles. The van der Waals surface area contributed by atoms with Gasteiger partial charge in [0.2, 0.25) is 0 Å². The van der Waals surface area contributed by atoms with Gasteiger partial charge in [-0.1, -0.05) is 11.6 Å². The van der Waals surface area contributed by atoms with Crippen molar-refractivity contribution in [3.05, 3.63) is 40.3 Å². The van der Waals surface area contributed by atoms with Crippen molar-refractivity contribution in [3.8, 4) is 17.2 Å². The summed E-state index contributed by atoms with van der Waals surface area (Å²) in [6.07, 6.45) is 3.75. The van der Waals surface area contributed by atoms with Crippen LogP contribution < -0.4 is 11.1 Å². The largest absolute Gasteiger partial charge is 0.398 e. The molecule has 1 saturated carbocycles. The third-order valence-electron chi connectivity index (χ3n) is 8.17. The van der Waals surface area contributed by atoms with Crippen LogP contribution in [0.15, 0.2) is 18.3 Å². The van der Waals surface area contributed by atoms with E-state index in [1.165, 1.54) is 11.1 Å². The van der Waals surface area contributed by atoms with Gasteiger partial charge in [-0.15, -0.1) is 0 Å². The topological polar surface area (TPSA) is 108 Å². The van der Waals surface area contributed by atoms with Gasteiger partial charge in [-0.3, -0.25) is 9.69 Å². The number of carbonyl (C=O) groups is 1. The van der Waals surface area contributed by atoms with Crippen LogP contribution in [0.5, 0.6) is 0 Å². The minimum absolute atomic E-state index is 0.0773. The molecule has 1 aromatic carbocycles. The van der Waals surface area contributed by atoms with Crippen LogP contribution in [0.2, 0.25) is 5.02 Å². The number of ether oxygens (including phenoxy) is 1. The number of morpholine rings is 1. The van der Waals surface area contributed by atoms with E-state index in [2.05, 4.69) is 21.3 Å². The zero-order valence-electron chi connectivity index (χ0n) is 21.2. The normalized spacial score (nSPS) is 25.1. The van der Waals surface area contributed by atoms with Gasteiger partial charge in [-0.2, -0.15) is 5.26 Å². The second kappa shape index (κ2) is 9.75. The predicted octanol–water partition coefficient (Wildman–Crippen LogP) is 3.90. The summed E-state index contributed by atoms with van der Waals surface area (Å²) in [5.41, 5.74) is 6.68. The van der Waals surface area contributed by atoms with Gasteiger partial charge in [0.1, 0.15) is 11.6 Å². The van der Waals surface area contributed by atoms with E-state index in [4.69, 9.17) is 22.1 Å². The van der Waals surface area contributed by atoms with Crippen LogP contribution >= 0.6 is 11.6 Å². The Morgan fingerprint density at radius 2 is 2.11 bits per heavy atom. The molecule has 2 aliphatic heterocycles. The first kappa shape index (κ1) is 25.7. The second-order valence-electron chi connectivity index (χ2n) is 10.8. The Morgan fingerprint density at radius 1 is 1.35 bits per heavy atom. The van der Waals surface area contributed by atoms with Crippen molar-refractivity contribution in [2.45, 2.75) is 31.6 Å². The maximum atomic E-state index is 16.0. The Kier molecular flexibility index (Phi) is 6.77. The van der Waals surface area contributed by atoms with E-state index in [0.717, 1.165) is 31.5 Å². The molecule has 3 N–H and O–H groups in total. The summed E-state index contributed by atoms with van der Waals surface area (Å²) in [4.78, 5) is 21.6. The first-order valence-electron chi connectivity index (χ1n) is 12.7. The van der Waals surface area contributed by atoms with Crippen LogP contribution in [0.1, 0.15) is 42.1 Å². The minimum Gasteiger partial charge on any atom is -0.398 e. The molecule has 0 unspecified atom stereocenters. The number of nitrogen functional groups attached to an aromatic ring is 1. The molecule has 196 valence electrons. The number of hydrogen-bond acceptors (Lipinski definition) is 7. The summed E-state index contributed by atoms with van der Waals surface area (Å²) < 4.78 is 21.4. The summed E-state index contributed by atoms with van der Waals surface area (Å²) in [5, 5.41) is 13.4. The van der Waals surface area contributed by atoms with Gasteiger partial charge in [-0.25, -0.2) is 9.37 Å². The molecule has 1 aliphatic carbocycles. The molecule has 3 heterocycles. The maximum absolute atomic E-state index is 16.0. The number of anilines is 2. The van der Waals surface area contributed by atoms with Crippen molar-refractivity contribution in [2.24, 2.45) is 5.41 Å². The molecule has 10 heteroatoms. The maximum Gasteiger partial charge on any atom is 0.258 e. The molecule has 1 aromatic heterocycles. The first-order chi connectivity index (χ1) is 17.7. The van der Waals surface area contributed by atoms with Crippen molar-refractivity contribution in [3.63, 3.8) is 0 Å². The molecule has 1 amide bonds. The lowest BCUT2D eigenvalue weighted by Crippen LogP contribution is -2.42. The van der Waals surface area contributed by atoms with Crippen LogP contribution in [0.25, 0.3) is 11.1 Å². The number of pyridine rings is 1. The average molecular weight is 527 g/mol. The van der Waals surface area contributed by atoms with Crippen molar-refractivity contribution >= 4 is 29.0 Å². The van der Waals surface area contributed by atoms with Crippen LogP contribution in [-0.2, 0) is 10.2 Å². The lowest BCUT2D eigenvalue weighted by Gasteiger charge is -2.29. The number of halogens is 2. The summed E-state index contributed by atoms with van der Waals surface area (Å²) in [6.45, 7) is 6.67. The fourth-order valence-corrected chi connectivity index (χ4v) is 6.40. The number of nitrogens with zero attached hydrogens (tertiary/aromatic N) is 4. The van der Waals surface area contributed by atoms with Crippen LogP contribution in [0, 0.1) is 22.6 Å². The lowest BCUT2D eigenvalue weighted by atomic mass is 9.77.